The lowest BCUT2D eigenvalue weighted by molar-refractivity contribution is -0.187. The molecule has 4 rings (SSSR count). The second kappa shape index (κ2) is 5.07. The second-order valence-electron chi connectivity index (χ2n) is 7.20. The molecule has 1 aromatic rings. The molecule has 0 saturated carbocycles. The summed E-state index contributed by atoms with van der Waals surface area (Å²) in [6.45, 7) is 8.35. The van der Waals surface area contributed by atoms with E-state index in [9.17, 15) is 0 Å². The lowest BCUT2D eigenvalue weighted by Crippen LogP contribution is -2.36. The fourth-order valence-electron chi connectivity index (χ4n) is 4.32. The molecule has 23 heavy (non-hydrogen) atoms. The number of rotatable bonds is 2. The summed E-state index contributed by atoms with van der Waals surface area (Å²) in [6.07, 6.45) is 0.0385. The fraction of sp³-hybridized carbons (Fsp3) is 0.579. The average molecular weight is 316 g/mol. The van der Waals surface area contributed by atoms with Crippen LogP contribution in [0.5, 0.6) is 5.75 Å². The maximum Gasteiger partial charge on any atom is 0.164 e. The Morgan fingerprint density at radius 1 is 1.00 bits per heavy atom. The molecule has 1 aromatic carbocycles. The first-order valence-corrected chi connectivity index (χ1v) is 8.27. The van der Waals surface area contributed by atoms with Crippen molar-refractivity contribution in [2.24, 2.45) is 5.92 Å². The van der Waals surface area contributed by atoms with Gasteiger partial charge in [-0.25, -0.2) is 0 Å². The smallest absolute Gasteiger partial charge is 0.164 e. The minimum Gasteiger partial charge on any atom is -0.497 e. The molecule has 0 aliphatic carbocycles. The molecule has 0 unspecified atom stereocenters. The predicted molar refractivity (Wildman–Crippen MR) is 87.2 cm³/mol. The van der Waals surface area contributed by atoms with Crippen molar-refractivity contribution in [2.75, 3.05) is 7.11 Å². The van der Waals surface area contributed by atoms with Crippen molar-refractivity contribution in [3.8, 4) is 5.75 Å². The van der Waals surface area contributed by atoms with Gasteiger partial charge < -0.3 is 18.9 Å². The van der Waals surface area contributed by atoms with Crippen molar-refractivity contribution >= 4 is 5.57 Å². The van der Waals surface area contributed by atoms with Crippen molar-refractivity contribution in [1.29, 1.82) is 0 Å². The molecule has 4 heteroatoms. The van der Waals surface area contributed by atoms with Gasteiger partial charge in [0.05, 0.1) is 13.2 Å². The van der Waals surface area contributed by atoms with E-state index in [2.05, 4.69) is 26.0 Å². The zero-order valence-corrected chi connectivity index (χ0v) is 14.3. The maximum absolute atomic E-state index is 6.25. The zero-order chi connectivity index (χ0) is 16.4. The minimum atomic E-state index is -0.521. The number of benzene rings is 1. The molecule has 4 nitrogen and oxygen atoms in total. The summed E-state index contributed by atoms with van der Waals surface area (Å²) in [6, 6.07) is 8.27. The molecule has 0 spiro atoms. The van der Waals surface area contributed by atoms with Crippen LogP contribution in [0.3, 0.4) is 0 Å². The van der Waals surface area contributed by atoms with Crippen molar-refractivity contribution < 1.29 is 18.9 Å². The van der Waals surface area contributed by atoms with E-state index in [1.165, 1.54) is 16.7 Å². The number of ether oxygens (including phenoxy) is 4. The molecule has 3 heterocycles. The van der Waals surface area contributed by atoms with Gasteiger partial charge in [-0.05, 0) is 49.6 Å². The first-order valence-electron chi connectivity index (χ1n) is 8.27. The molecule has 3 aliphatic heterocycles. The molecule has 5 atom stereocenters. The quantitative estimate of drug-likeness (QED) is 0.838. The summed E-state index contributed by atoms with van der Waals surface area (Å²) in [5, 5.41) is 0. The van der Waals surface area contributed by atoms with Crippen molar-refractivity contribution in [1.82, 2.24) is 0 Å². The zero-order valence-electron chi connectivity index (χ0n) is 14.3. The van der Waals surface area contributed by atoms with Crippen LogP contribution in [0.2, 0.25) is 0 Å². The van der Waals surface area contributed by atoms with Gasteiger partial charge in [0, 0.05) is 5.92 Å². The lowest BCUT2D eigenvalue weighted by Gasteiger charge is -2.34. The highest BCUT2D eigenvalue weighted by Gasteiger charge is 2.59. The SMILES string of the molecule is COc1ccc(C2=C(C)[C@H]3O[C@H]([C@@H]4OC(C)(C)O[C@@H]43)[C@@H]2C)cc1. The fourth-order valence-corrected chi connectivity index (χ4v) is 4.32. The third-order valence-corrected chi connectivity index (χ3v) is 5.29. The Morgan fingerprint density at radius 2 is 1.65 bits per heavy atom. The highest BCUT2D eigenvalue weighted by molar-refractivity contribution is 5.73. The van der Waals surface area contributed by atoms with Crippen molar-refractivity contribution in [3.63, 3.8) is 0 Å². The van der Waals surface area contributed by atoms with E-state index in [0.717, 1.165) is 5.75 Å². The van der Waals surface area contributed by atoms with E-state index in [1.54, 1.807) is 7.11 Å². The number of hydrogen-bond donors (Lipinski definition) is 0. The van der Waals surface area contributed by atoms with Gasteiger partial charge in [-0.1, -0.05) is 19.1 Å². The molecule has 0 N–H and O–H groups in total. The number of methoxy groups -OCH3 is 1. The van der Waals surface area contributed by atoms with E-state index in [1.807, 2.05) is 26.0 Å². The summed E-state index contributed by atoms with van der Waals surface area (Å²) >= 11 is 0. The molecule has 0 aromatic heterocycles. The Labute approximate surface area is 137 Å². The first-order chi connectivity index (χ1) is 10.9. The van der Waals surface area contributed by atoms with Crippen LogP contribution in [0.1, 0.15) is 33.3 Å². The van der Waals surface area contributed by atoms with Gasteiger partial charge in [-0.2, -0.15) is 0 Å². The predicted octanol–water partition coefficient (Wildman–Crippen LogP) is 3.41. The molecular weight excluding hydrogens is 292 g/mol. The van der Waals surface area contributed by atoms with E-state index in [4.69, 9.17) is 18.9 Å². The average Bonchev–Trinajstić information content (AvgIpc) is 2.98. The molecule has 2 fully saturated rings. The summed E-state index contributed by atoms with van der Waals surface area (Å²) in [4.78, 5) is 0. The maximum atomic E-state index is 6.25. The van der Waals surface area contributed by atoms with Gasteiger partial charge in [-0.3, -0.25) is 0 Å². The van der Waals surface area contributed by atoms with E-state index < -0.39 is 5.79 Å². The lowest BCUT2D eigenvalue weighted by atomic mass is 9.84. The molecule has 2 saturated heterocycles. The first kappa shape index (κ1) is 15.2. The molecule has 0 radical (unpaired) electrons. The topological polar surface area (TPSA) is 36.9 Å². The van der Waals surface area contributed by atoms with Crippen LogP contribution >= 0.6 is 0 Å². The van der Waals surface area contributed by atoms with Crippen LogP contribution in [-0.2, 0) is 14.2 Å². The normalized spacial score (nSPS) is 37.9. The Kier molecular flexibility index (Phi) is 3.34. The Morgan fingerprint density at radius 3 is 2.30 bits per heavy atom. The third-order valence-electron chi connectivity index (χ3n) is 5.29. The monoisotopic (exact) mass is 316 g/mol. The van der Waals surface area contributed by atoms with Crippen LogP contribution in [0, 0.1) is 5.92 Å². The minimum absolute atomic E-state index is 0.00630. The summed E-state index contributed by atoms with van der Waals surface area (Å²) in [7, 11) is 1.69. The van der Waals surface area contributed by atoms with E-state index >= 15 is 0 Å². The molecular formula is C19H24O4. The van der Waals surface area contributed by atoms with Gasteiger partial charge in [0.15, 0.2) is 5.79 Å². The summed E-state index contributed by atoms with van der Waals surface area (Å²) in [5.74, 6) is 0.625. The summed E-state index contributed by atoms with van der Waals surface area (Å²) in [5.41, 5.74) is 3.84. The third kappa shape index (κ3) is 2.24. The van der Waals surface area contributed by atoms with Gasteiger partial charge >= 0.3 is 0 Å². The van der Waals surface area contributed by atoms with E-state index in [-0.39, 0.29) is 30.3 Å². The molecule has 3 aliphatic rings. The van der Waals surface area contributed by atoms with Crippen LogP contribution in [-0.4, -0.2) is 37.3 Å². The van der Waals surface area contributed by atoms with Crippen LogP contribution in [0.15, 0.2) is 29.8 Å². The molecule has 2 bridgehead atoms. The Bertz CT molecular complexity index is 646. The highest BCUT2D eigenvalue weighted by Crippen LogP contribution is 2.50. The second-order valence-corrected chi connectivity index (χ2v) is 7.20. The van der Waals surface area contributed by atoms with Crippen LogP contribution < -0.4 is 4.74 Å². The van der Waals surface area contributed by atoms with E-state index in [0.29, 0.717) is 0 Å². The summed E-state index contributed by atoms with van der Waals surface area (Å²) < 4.78 is 23.8. The molecule has 0 amide bonds. The van der Waals surface area contributed by atoms with Crippen molar-refractivity contribution in [2.45, 2.75) is 57.9 Å². The Hall–Kier alpha value is -1.36. The van der Waals surface area contributed by atoms with Gasteiger partial charge in [0.2, 0.25) is 0 Å². The highest BCUT2D eigenvalue weighted by atomic mass is 16.8. The van der Waals surface area contributed by atoms with Crippen molar-refractivity contribution in [3.05, 3.63) is 35.4 Å². The standard InChI is InChI=1S/C19H24O4/c1-10-14(12-6-8-13(20-5)9-7-12)11(2)16-18-17(15(10)21-16)22-19(3,4)23-18/h6-10,15-18H,1-5H3/t10-,15+,16-,17+,18-/m1/s1. The van der Waals surface area contributed by atoms with Crippen LogP contribution in [0.4, 0.5) is 0 Å². The van der Waals surface area contributed by atoms with Gasteiger partial charge in [0.1, 0.15) is 24.1 Å². The largest absolute Gasteiger partial charge is 0.497 e. The number of hydrogen-bond acceptors (Lipinski definition) is 4. The van der Waals surface area contributed by atoms with Crippen LogP contribution in [0.25, 0.3) is 5.57 Å². The van der Waals surface area contributed by atoms with Gasteiger partial charge in [0.25, 0.3) is 0 Å². The Balaban J connectivity index is 1.73. The molecule has 124 valence electrons. The number of fused-ring (bicyclic) bond motifs is 5. The van der Waals surface area contributed by atoms with Gasteiger partial charge in [-0.15, -0.1) is 0 Å².